The van der Waals surface area contributed by atoms with Crippen molar-refractivity contribution in [1.82, 2.24) is 4.72 Å². The molecule has 0 amide bonds. The minimum atomic E-state index is -4.83. The molecule has 2 aromatic carbocycles. The molecule has 1 aliphatic rings. The Hall–Kier alpha value is -2.26. The SMILES string of the molecule is COc1cccc(C2(NS(=O)(=O)c3ccc(OC(F)(F)F)cc3)CCCC2)c1. The normalized spacial score (nSPS) is 16.7. The van der Waals surface area contributed by atoms with E-state index in [0.29, 0.717) is 18.6 Å². The average molecular weight is 415 g/mol. The maximum Gasteiger partial charge on any atom is 0.573 e. The first-order valence-electron chi connectivity index (χ1n) is 8.68. The van der Waals surface area contributed by atoms with Gasteiger partial charge in [-0.3, -0.25) is 0 Å². The summed E-state index contributed by atoms with van der Waals surface area (Å²) in [5, 5.41) is 0. The zero-order valence-corrected chi connectivity index (χ0v) is 15.9. The van der Waals surface area contributed by atoms with Gasteiger partial charge in [-0.05, 0) is 54.8 Å². The van der Waals surface area contributed by atoms with Crippen LogP contribution in [-0.4, -0.2) is 21.9 Å². The number of benzene rings is 2. The third-order valence-corrected chi connectivity index (χ3v) is 6.33. The van der Waals surface area contributed by atoms with Gasteiger partial charge in [0.15, 0.2) is 0 Å². The molecule has 1 N–H and O–H groups in total. The fourth-order valence-electron chi connectivity index (χ4n) is 3.49. The molecular weight excluding hydrogens is 395 g/mol. The van der Waals surface area contributed by atoms with Gasteiger partial charge in [-0.15, -0.1) is 13.2 Å². The Morgan fingerprint density at radius 2 is 1.64 bits per heavy atom. The van der Waals surface area contributed by atoms with Crippen LogP contribution >= 0.6 is 0 Å². The summed E-state index contributed by atoms with van der Waals surface area (Å²) in [4.78, 5) is -0.129. The molecule has 0 radical (unpaired) electrons. The van der Waals surface area contributed by atoms with E-state index in [2.05, 4.69) is 9.46 Å². The van der Waals surface area contributed by atoms with Gasteiger partial charge in [0, 0.05) is 0 Å². The average Bonchev–Trinajstić information content (AvgIpc) is 3.10. The summed E-state index contributed by atoms with van der Waals surface area (Å²) in [6.45, 7) is 0. The van der Waals surface area contributed by atoms with E-state index in [1.165, 1.54) is 7.11 Å². The van der Waals surface area contributed by atoms with E-state index in [1.807, 2.05) is 6.07 Å². The van der Waals surface area contributed by atoms with Crippen molar-refractivity contribution in [2.24, 2.45) is 0 Å². The van der Waals surface area contributed by atoms with Gasteiger partial charge in [-0.1, -0.05) is 25.0 Å². The highest BCUT2D eigenvalue weighted by atomic mass is 32.2. The van der Waals surface area contributed by atoms with Crippen LogP contribution in [0.15, 0.2) is 53.4 Å². The summed E-state index contributed by atoms with van der Waals surface area (Å²) < 4.78 is 74.5. The molecule has 1 fully saturated rings. The highest BCUT2D eigenvalue weighted by Gasteiger charge is 2.40. The molecule has 0 aliphatic heterocycles. The van der Waals surface area contributed by atoms with Crippen molar-refractivity contribution in [3.05, 3.63) is 54.1 Å². The Balaban J connectivity index is 1.88. The first kappa shape index (κ1) is 20.5. The lowest BCUT2D eigenvalue weighted by molar-refractivity contribution is -0.274. The Bertz CT molecular complexity index is 921. The Morgan fingerprint density at radius 1 is 1.00 bits per heavy atom. The minimum absolute atomic E-state index is 0.129. The predicted molar refractivity (Wildman–Crippen MR) is 96.6 cm³/mol. The molecule has 0 bridgehead atoms. The van der Waals surface area contributed by atoms with Crippen LogP contribution in [0.1, 0.15) is 31.2 Å². The standard InChI is InChI=1S/C19H20F3NO4S/c1-26-16-6-4-5-14(13-16)18(11-2-3-12-18)23-28(24,25)17-9-7-15(8-10-17)27-19(20,21)22/h4-10,13,23H,2-3,11-12H2,1H3. The number of halogens is 3. The van der Waals surface area contributed by atoms with E-state index in [0.717, 1.165) is 42.7 Å². The number of sulfonamides is 1. The van der Waals surface area contributed by atoms with Crippen molar-refractivity contribution in [1.29, 1.82) is 0 Å². The molecule has 9 heteroatoms. The quantitative estimate of drug-likeness (QED) is 0.762. The number of rotatable bonds is 6. The second-order valence-corrected chi connectivity index (χ2v) is 8.33. The number of hydrogen-bond donors (Lipinski definition) is 1. The molecule has 3 rings (SSSR count). The van der Waals surface area contributed by atoms with E-state index in [9.17, 15) is 21.6 Å². The topological polar surface area (TPSA) is 64.6 Å². The number of hydrogen-bond acceptors (Lipinski definition) is 4. The molecule has 2 aromatic rings. The lowest BCUT2D eigenvalue weighted by Crippen LogP contribution is -2.43. The van der Waals surface area contributed by atoms with Crippen LogP contribution in [0.2, 0.25) is 0 Å². The van der Waals surface area contributed by atoms with E-state index in [-0.39, 0.29) is 4.90 Å². The number of nitrogens with one attached hydrogen (secondary N) is 1. The van der Waals surface area contributed by atoms with Crippen molar-refractivity contribution in [3.63, 3.8) is 0 Å². The third kappa shape index (κ3) is 4.59. The molecule has 0 aromatic heterocycles. The molecule has 0 spiro atoms. The molecule has 1 aliphatic carbocycles. The van der Waals surface area contributed by atoms with Gasteiger partial charge in [-0.25, -0.2) is 13.1 Å². The highest BCUT2D eigenvalue weighted by molar-refractivity contribution is 7.89. The van der Waals surface area contributed by atoms with Gasteiger partial charge in [0.05, 0.1) is 17.5 Å². The second kappa shape index (κ2) is 7.63. The van der Waals surface area contributed by atoms with Crippen molar-refractivity contribution in [2.45, 2.75) is 42.5 Å². The van der Waals surface area contributed by atoms with Crippen LogP contribution in [0, 0.1) is 0 Å². The van der Waals surface area contributed by atoms with Gasteiger partial charge in [0.2, 0.25) is 10.0 Å². The van der Waals surface area contributed by atoms with Crippen LogP contribution in [-0.2, 0) is 15.6 Å². The summed E-state index contributed by atoms with van der Waals surface area (Å²) in [5.41, 5.74) is 0.0130. The lowest BCUT2D eigenvalue weighted by Gasteiger charge is -2.31. The molecule has 5 nitrogen and oxygen atoms in total. The summed E-state index contributed by atoms with van der Waals surface area (Å²) in [5.74, 6) is 0.145. The number of ether oxygens (including phenoxy) is 2. The van der Waals surface area contributed by atoms with E-state index >= 15 is 0 Å². The number of methoxy groups -OCH3 is 1. The zero-order valence-electron chi connectivity index (χ0n) is 15.1. The molecule has 0 heterocycles. The predicted octanol–water partition coefficient (Wildman–Crippen LogP) is 4.34. The Kier molecular flexibility index (Phi) is 5.58. The van der Waals surface area contributed by atoms with Crippen LogP contribution in [0.5, 0.6) is 11.5 Å². The van der Waals surface area contributed by atoms with Crippen LogP contribution in [0.4, 0.5) is 13.2 Å². The summed E-state index contributed by atoms with van der Waals surface area (Å²) in [7, 11) is -2.42. The number of alkyl halides is 3. The van der Waals surface area contributed by atoms with E-state index < -0.39 is 27.7 Å². The largest absolute Gasteiger partial charge is 0.573 e. The molecule has 1 saturated carbocycles. The maximum atomic E-state index is 12.9. The fraction of sp³-hybridized carbons (Fsp3) is 0.368. The summed E-state index contributed by atoms with van der Waals surface area (Å²) in [6.07, 6.45) is -1.88. The molecule has 28 heavy (non-hydrogen) atoms. The lowest BCUT2D eigenvalue weighted by atomic mass is 9.89. The monoisotopic (exact) mass is 415 g/mol. The van der Waals surface area contributed by atoms with Gasteiger partial charge < -0.3 is 9.47 Å². The van der Waals surface area contributed by atoms with Crippen molar-refractivity contribution in [2.75, 3.05) is 7.11 Å². The summed E-state index contributed by atoms with van der Waals surface area (Å²) in [6, 6.07) is 11.4. The molecule has 0 atom stereocenters. The molecular formula is C19H20F3NO4S. The van der Waals surface area contributed by atoms with Crippen molar-refractivity contribution >= 4 is 10.0 Å². The van der Waals surface area contributed by atoms with Crippen LogP contribution in [0.25, 0.3) is 0 Å². The van der Waals surface area contributed by atoms with Crippen LogP contribution < -0.4 is 14.2 Å². The second-order valence-electron chi connectivity index (χ2n) is 6.65. The van der Waals surface area contributed by atoms with Gasteiger partial charge in [0.1, 0.15) is 11.5 Å². The first-order chi connectivity index (χ1) is 13.1. The molecule has 152 valence electrons. The Labute approximate surface area is 161 Å². The van der Waals surface area contributed by atoms with Gasteiger partial charge in [0.25, 0.3) is 0 Å². The fourth-order valence-corrected chi connectivity index (χ4v) is 4.93. The van der Waals surface area contributed by atoms with Crippen molar-refractivity contribution in [3.8, 4) is 11.5 Å². The first-order valence-corrected chi connectivity index (χ1v) is 10.2. The zero-order chi connectivity index (χ0) is 20.4. The maximum absolute atomic E-state index is 12.9. The summed E-state index contributed by atoms with van der Waals surface area (Å²) >= 11 is 0. The molecule has 0 saturated heterocycles. The van der Waals surface area contributed by atoms with Gasteiger partial charge >= 0.3 is 6.36 Å². The minimum Gasteiger partial charge on any atom is -0.497 e. The third-order valence-electron chi connectivity index (χ3n) is 4.78. The van der Waals surface area contributed by atoms with Crippen molar-refractivity contribution < 1.29 is 31.1 Å². The Morgan fingerprint density at radius 3 is 2.21 bits per heavy atom. The van der Waals surface area contributed by atoms with E-state index in [1.54, 1.807) is 18.2 Å². The molecule has 0 unspecified atom stereocenters. The van der Waals surface area contributed by atoms with E-state index in [4.69, 9.17) is 4.74 Å². The smallest absolute Gasteiger partial charge is 0.497 e. The van der Waals surface area contributed by atoms with Gasteiger partial charge in [-0.2, -0.15) is 0 Å². The van der Waals surface area contributed by atoms with Crippen LogP contribution in [0.3, 0.4) is 0 Å². The highest BCUT2D eigenvalue weighted by Crippen LogP contribution is 2.41.